The van der Waals surface area contributed by atoms with Crippen molar-refractivity contribution >= 4 is 0 Å². The van der Waals surface area contributed by atoms with Crippen molar-refractivity contribution < 1.29 is 0 Å². The molecule has 0 heteroatoms. The molecule has 0 radical (unpaired) electrons. The van der Waals surface area contributed by atoms with Gasteiger partial charge in [-0.05, 0) is 35.4 Å². The van der Waals surface area contributed by atoms with E-state index in [1.807, 2.05) is 6.08 Å². The Morgan fingerprint density at radius 1 is 1.14 bits per heavy atom. The Balaban J connectivity index is 3.09. The van der Waals surface area contributed by atoms with Gasteiger partial charge in [0.2, 0.25) is 0 Å². The Labute approximate surface area is 87.7 Å². The number of aryl methyl sites for hydroxylation is 2. The Kier molecular flexibility index (Phi) is 3.94. The maximum Gasteiger partial charge on any atom is -0.00129 e. The highest BCUT2D eigenvalue weighted by molar-refractivity contribution is 5.33. The highest BCUT2D eigenvalue weighted by Crippen LogP contribution is 2.20. The summed E-state index contributed by atoms with van der Waals surface area (Å²) in [5, 5.41) is 0. The molecule has 0 heterocycles. The lowest BCUT2D eigenvalue weighted by molar-refractivity contribution is 0.949. The third-order valence-electron chi connectivity index (χ3n) is 2.77. The molecule has 0 nitrogen and oxygen atoms in total. The molecule has 1 unspecified atom stereocenters. The molecule has 0 saturated heterocycles. The van der Waals surface area contributed by atoms with Crippen molar-refractivity contribution in [2.24, 2.45) is 0 Å². The molecule has 0 aliphatic rings. The first-order valence-corrected chi connectivity index (χ1v) is 5.46. The summed E-state index contributed by atoms with van der Waals surface area (Å²) in [6, 6.07) is 6.90. The second kappa shape index (κ2) is 4.99. The van der Waals surface area contributed by atoms with E-state index in [1.54, 1.807) is 0 Å². The largest absolute Gasteiger partial charge is 0.102 e. The summed E-state index contributed by atoms with van der Waals surface area (Å²) in [4.78, 5) is 0. The van der Waals surface area contributed by atoms with Crippen molar-refractivity contribution in [2.45, 2.75) is 39.5 Å². The van der Waals surface area contributed by atoms with E-state index in [2.05, 4.69) is 45.5 Å². The Bertz CT molecular complexity index is 288. The van der Waals surface area contributed by atoms with Crippen molar-refractivity contribution in [1.82, 2.24) is 0 Å². The summed E-state index contributed by atoms with van der Waals surface area (Å²) in [5.41, 5.74) is 4.28. The molecule has 1 aromatic rings. The fraction of sp³-hybridized carbons (Fsp3) is 0.429. The first-order chi connectivity index (χ1) is 6.71. The zero-order chi connectivity index (χ0) is 10.6. The van der Waals surface area contributed by atoms with E-state index in [4.69, 9.17) is 0 Å². The molecule has 0 fully saturated rings. The number of hydrogen-bond donors (Lipinski definition) is 0. The molecule has 0 aliphatic heterocycles. The van der Waals surface area contributed by atoms with Crippen LogP contribution in [0.1, 0.15) is 43.4 Å². The highest BCUT2D eigenvalue weighted by atomic mass is 14.1. The number of rotatable bonds is 4. The van der Waals surface area contributed by atoms with Crippen molar-refractivity contribution in [3.8, 4) is 0 Å². The van der Waals surface area contributed by atoms with E-state index in [9.17, 15) is 0 Å². The van der Waals surface area contributed by atoms with E-state index in [0.717, 1.165) is 12.8 Å². The maximum atomic E-state index is 3.85. The third kappa shape index (κ3) is 2.47. The molecule has 0 N–H and O–H groups in total. The van der Waals surface area contributed by atoms with Crippen LogP contribution in [0.2, 0.25) is 0 Å². The molecule has 1 atom stereocenters. The van der Waals surface area contributed by atoms with Gasteiger partial charge in [-0.1, -0.05) is 45.0 Å². The van der Waals surface area contributed by atoms with Gasteiger partial charge >= 0.3 is 0 Å². The third-order valence-corrected chi connectivity index (χ3v) is 2.77. The number of hydrogen-bond acceptors (Lipinski definition) is 0. The quantitative estimate of drug-likeness (QED) is 0.624. The van der Waals surface area contributed by atoms with Crippen LogP contribution in [-0.4, -0.2) is 0 Å². The predicted octanol–water partition coefficient (Wildman–Crippen LogP) is 4.10. The molecule has 0 amide bonds. The van der Waals surface area contributed by atoms with E-state index >= 15 is 0 Å². The molecule has 0 aliphatic carbocycles. The van der Waals surface area contributed by atoms with Crippen LogP contribution in [0.15, 0.2) is 30.9 Å². The van der Waals surface area contributed by atoms with Crippen LogP contribution < -0.4 is 0 Å². The lowest BCUT2D eigenvalue weighted by Crippen LogP contribution is -1.94. The molecule has 14 heavy (non-hydrogen) atoms. The smallest absolute Gasteiger partial charge is 0.00129 e. The lowest BCUT2D eigenvalue weighted by Gasteiger charge is -2.11. The van der Waals surface area contributed by atoms with Gasteiger partial charge in [0.05, 0.1) is 0 Å². The van der Waals surface area contributed by atoms with Crippen LogP contribution in [0.4, 0.5) is 0 Å². The Morgan fingerprint density at radius 3 is 2.00 bits per heavy atom. The summed E-state index contributed by atoms with van der Waals surface area (Å²) in [6.45, 7) is 10.5. The summed E-state index contributed by atoms with van der Waals surface area (Å²) < 4.78 is 0. The van der Waals surface area contributed by atoms with Crippen molar-refractivity contribution in [3.05, 3.63) is 47.5 Å². The van der Waals surface area contributed by atoms with Crippen molar-refractivity contribution in [2.75, 3.05) is 0 Å². The molecule has 76 valence electrons. The molecular formula is C14H20. The van der Waals surface area contributed by atoms with Gasteiger partial charge in [-0.25, -0.2) is 0 Å². The Hall–Kier alpha value is -1.04. The SMILES string of the molecule is C=CC(C)c1cc(CC)cc(CC)c1. The zero-order valence-corrected chi connectivity index (χ0v) is 9.51. The molecule has 1 rings (SSSR count). The number of allylic oxidation sites excluding steroid dienone is 1. The van der Waals surface area contributed by atoms with Crippen LogP contribution in [0, 0.1) is 0 Å². The summed E-state index contributed by atoms with van der Waals surface area (Å²) in [7, 11) is 0. The van der Waals surface area contributed by atoms with Crippen LogP contribution >= 0.6 is 0 Å². The van der Waals surface area contributed by atoms with Gasteiger partial charge < -0.3 is 0 Å². The molecular weight excluding hydrogens is 168 g/mol. The predicted molar refractivity (Wildman–Crippen MR) is 63.8 cm³/mol. The molecule has 0 bridgehead atoms. The molecule has 1 aromatic carbocycles. The van der Waals surface area contributed by atoms with E-state index in [-0.39, 0.29) is 0 Å². The molecule has 0 saturated carbocycles. The van der Waals surface area contributed by atoms with Crippen LogP contribution in [-0.2, 0) is 12.8 Å². The van der Waals surface area contributed by atoms with Crippen LogP contribution in [0.25, 0.3) is 0 Å². The molecule has 0 aromatic heterocycles. The van der Waals surface area contributed by atoms with Crippen molar-refractivity contribution in [1.29, 1.82) is 0 Å². The van der Waals surface area contributed by atoms with Gasteiger partial charge in [-0.15, -0.1) is 6.58 Å². The second-order valence-electron chi connectivity index (χ2n) is 3.81. The highest BCUT2D eigenvalue weighted by Gasteiger charge is 2.03. The summed E-state index contributed by atoms with van der Waals surface area (Å²) in [5.74, 6) is 0.465. The Morgan fingerprint density at radius 2 is 1.64 bits per heavy atom. The minimum Gasteiger partial charge on any atom is -0.102 e. The van der Waals surface area contributed by atoms with Crippen LogP contribution in [0.5, 0.6) is 0 Å². The van der Waals surface area contributed by atoms with Gasteiger partial charge in [0.25, 0.3) is 0 Å². The average Bonchev–Trinajstić information content (AvgIpc) is 2.27. The topological polar surface area (TPSA) is 0 Å². The summed E-state index contributed by atoms with van der Waals surface area (Å²) in [6.07, 6.45) is 4.24. The fourth-order valence-corrected chi connectivity index (χ4v) is 1.60. The van der Waals surface area contributed by atoms with E-state index in [0.29, 0.717) is 5.92 Å². The van der Waals surface area contributed by atoms with E-state index in [1.165, 1.54) is 16.7 Å². The first kappa shape index (κ1) is 11.0. The lowest BCUT2D eigenvalue weighted by atomic mass is 9.95. The standard InChI is InChI=1S/C14H20/c1-5-11(4)14-9-12(6-2)8-13(7-3)10-14/h5,8-11H,1,6-7H2,2-4H3. The zero-order valence-electron chi connectivity index (χ0n) is 9.51. The molecule has 0 spiro atoms. The fourth-order valence-electron chi connectivity index (χ4n) is 1.60. The van der Waals surface area contributed by atoms with Gasteiger partial charge in [-0.3, -0.25) is 0 Å². The van der Waals surface area contributed by atoms with Crippen molar-refractivity contribution in [3.63, 3.8) is 0 Å². The maximum absolute atomic E-state index is 3.85. The normalized spacial score (nSPS) is 12.5. The second-order valence-corrected chi connectivity index (χ2v) is 3.81. The van der Waals surface area contributed by atoms with Gasteiger partial charge in [0, 0.05) is 0 Å². The first-order valence-electron chi connectivity index (χ1n) is 5.46. The minimum absolute atomic E-state index is 0.465. The van der Waals surface area contributed by atoms with Gasteiger partial charge in [0.1, 0.15) is 0 Å². The minimum atomic E-state index is 0.465. The van der Waals surface area contributed by atoms with E-state index < -0.39 is 0 Å². The number of benzene rings is 1. The van der Waals surface area contributed by atoms with Crippen LogP contribution in [0.3, 0.4) is 0 Å². The average molecular weight is 188 g/mol. The monoisotopic (exact) mass is 188 g/mol. The van der Waals surface area contributed by atoms with Gasteiger partial charge in [-0.2, -0.15) is 0 Å². The summed E-state index contributed by atoms with van der Waals surface area (Å²) >= 11 is 0. The van der Waals surface area contributed by atoms with Gasteiger partial charge in [0.15, 0.2) is 0 Å².